The van der Waals surface area contributed by atoms with Gasteiger partial charge >= 0.3 is 0 Å². The van der Waals surface area contributed by atoms with Gasteiger partial charge in [0.25, 0.3) is 23.2 Å². The van der Waals surface area contributed by atoms with Crippen LogP contribution in [-0.4, -0.2) is 46.1 Å². The van der Waals surface area contributed by atoms with E-state index in [1.165, 1.54) is 12.1 Å². The minimum Gasteiger partial charge on any atom is -0.489 e. The van der Waals surface area contributed by atoms with Crippen molar-refractivity contribution < 1.29 is 32.6 Å². The maximum Gasteiger partial charge on any atom is 0.277 e. The number of sulfonamides is 1. The first-order chi connectivity index (χ1) is 24.9. The Morgan fingerprint density at radius 3 is 1.88 bits per heavy atom. The number of ether oxygens (including phenoxy) is 1. The minimum atomic E-state index is -4.25. The lowest BCUT2D eigenvalue weighted by Gasteiger charge is -2.19. The molecule has 6 rings (SSSR count). The van der Waals surface area contributed by atoms with Gasteiger partial charge in [-0.3, -0.25) is 29.8 Å². The molecule has 0 aromatic heterocycles. The molecular formula is C37H31N5O9S. The van der Waals surface area contributed by atoms with Gasteiger partial charge in [-0.25, -0.2) is 18.4 Å². The fraction of sp³-hybridized carbons (Fsp3) is 0.135. The Labute approximate surface area is 298 Å². The topological polar surface area (TPSA) is 182 Å². The largest absolute Gasteiger partial charge is 0.489 e. The van der Waals surface area contributed by atoms with E-state index in [2.05, 4.69) is 4.72 Å². The molecule has 5 aromatic rings. The van der Waals surface area contributed by atoms with Crippen LogP contribution in [0.5, 0.6) is 5.75 Å². The lowest BCUT2D eigenvalue weighted by Crippen LogP contribution is -2.46. The molecule has 52 heavy (non-hydrogen) atoms. The van der Waals surface area contributed by atoms with Gasteiger partial charge in [0.15, 0.2) is 6.17 Å². The van der Waals surface area contributed by atoms with Gasteiger partial charge in [0.05, 0.1) is 26.4 Å². The molecule has 2 atom stereocenters. The van der Waals surface area contributed by atoms with E-state index in [4.69, 9.17) is 4.74 Å². The molecule has 2 amide bonds. The zero-order valence-corrected chi connectivity index (χ0v) is 28.4. The Morgan fingerprint density at radius 2 is 1.33 bits per heavy atom. The van der Waals surface area contributed by atoms with Crippen molar-refractivity contribution in [2.75, 3.05) is 0 Å². The molecule has 1 aliphatic rings. The number of nitrogens with zero attached hydrogens (tertiary/aromatic N) is 4. The number of rotatable bonds is 13. The molecule has 1 saturated heterocycles. The molecule has 14 nitrogen and oxygen atoms in total. The van der Waals surface area contributed by atoms with Crippen LogP contribution in [-0.2, 0) is 27.8 Å². The summed E-state index contributed by atoms with van der Waals surface area (Å²) in [6.45, 7) is 2.09. The predicted octanol–water partition coefficient (Wildman–Crippen LogP) is 5.88. The van der Waals surface area contributed by atoms with Crippen molar-refractivity contribution in [2.45, 2.75) is 37.1 Å². The Balaban J connectivity index is 1.36. The summed E-state index contributed by atoms with van der Waals surface area (Å²) >= 11 is 0. The van der Waals surface area contributed by atoms with Gasteiger partial charge in [0.1, 0.15) is 18.4 Å². The summed E-state index contributed by atoms with van der Waals surface area (Å²) < 4.78 is 35.5. The normalized spacial score (nSPS) is 14.4. The zero-order valence-electron chi connectivity index (χ0n) is 27.6. The van der Waals surface area contributed by atoms with Crippen molar-refractivity contribution in [2.24, 2.45) is 0 Å². The quantitative estimate of drug-likeness (QED) is 0.0882. The minimum absolute atomic E-state index is 0.0748. The average molecular weight is 722 g/mol. The van der Waals surface area contributed by atoms with Gasteiger partial charge in [0, 0.05) is 12.1 Å². The van der Waals surface area contributed by atoms with Gasteiger partial charge in [-0.05, 0) is 54.3 Å². The van der Waals surface area contributed by atoms with Crippen molar-refractivity contribution in [3.05, 3.63) is 175 Å². The summed E-state index contributed by atoms with van der Waals surface area (Å²) in [4.78, 5) is 49.9. The molecule has 0 saturated carbocycles. The highest BCUT2D eigenvalue weighted by Crippen LogP contribution is 2.44. The fourth-order valence-electron chi connectivity index (χ4n) is 5.59. The van der Waals surface area contributed by atoms with Crippen molar-refractivity contribution in [3.63, 3.8) is 0 Å². The summed E-state index contributed by atoms with van der Waals surface area (Å²) in [5, 5.41) is 25.3. The number of hydrazine groups is 1. The Morgan fingerprint density at radius 1 is 0.769 bits per heavy atom. The molecule has 1 fully saturated rings. The molecule has 0 radical (unpaired) electrons. The molecule has 5 aromatic carbocycles. The van der Waals surface area contributed by atoms with Crippen LogP contribution in [0.3, 0.4) is 0 Å². The van der Waals surface area contributed by atoms with Crippen LogP contribution in [0.25, 0.3) is 0 Å². The summed E-state index contributed by atoms with van der Waals surface area (Å²) in [6.07, 6.45) is -1.19. The Kier molecular flexibility index (Phi) is 10.1. The fourth-order valence-corrected chi connectivity index (χ4v) is 6.78. The zero-order chi connectivity index (χ0) is 37.0. The van der Waals surface area contributed by atoms with Crippen LogP contribution in [0, 0.1) is 27.2 Å². The van der Waals surface area contributed by atoms with Gasteiger partial charge in [-0.2, -0.15) is 4.72 Å². The lowest BCUT2D eigenvalue weighted by molar-refractivity contribution is -0.394. The molecule has 0 bridgehead atoms. The summed E-state index contributed by atoms with van der Waals surface area (Å²) in [5.74, 6) is -1.26. The van der Waals surface area contributed by atoms with E-state index in [0.717, 1.165) is 39.3 Å². The van der Waals surface area contributed by atoms with E-state index in [0.29, 0.717) is 16.9 Å². The standard InChI is InChI=1S/C37H31N5O9S/c1-25-12-18-33(19-13-25)52(49,50)38-34(20-26-8-4-2-5-9-26)37(44)40-35(28-14-16-32(17-15-28)51-24-27-10-6-3-7-11-27)39(40)36(43)29-21-30(41(45)46)23-31(22-29)42(47)48/h2-19,21-23,34-35,38H,20,24H2,1H3. The number of aryl methyl sites for hydroxylation is 1. The molecule has 0 aliphatic carbocycles. The number of hydrogen-bond donors (Lipinski definition) is 1. The molecule has 1 heterocycles. The third kappa shape index (κ3) is 7.96. The van der Waals surface area contributed by atoms with Crippen molar-refractivity contribution in [3.8, 4) is 5.75 Å². The highest BCUT2D eigenvalue weighted by molar-refractivity contribution is 7.89. The first-order valence-electron chi connectivity index (χ1n) is 15.9. The first-order valence-corrected chi connectivity index (χ1v) is 17.4. The van der Waals surface area contributed by atoms with Gasteiger partial charge < -0.3 is 4.74 Å². The summed E-state index contributed by atoms with van der Waals surface area (Å²) in [6, 6.07) is 31.8. The van der Waals surface area contributed by atoms with Crippen LogP contribution in [0.1, 0.15) is 38.8 Å². The predicted molar refractivity (Wildman–Crippen MR) is 188 cm³/mol. The number of benzene rings is 5. The second kappa shape index (κ2) is 14.8. The molecule has 1 aliphatic heterocycles. The third-order valence-corrected chi connectivity index (χ3v) is 9.77. The lowest BCUT2D eigenvalue weighted by atomic mass is 10.1. The highest BCUT2D eigenvalue weighted by atomic mass is 32.2. The number of non-ortho nitro benzene ring substituents is 2. The van der Waals surface area contributed by atoms with E-state index >= 15 is 0 Å². The maximum atomic E-state index is 14.4. The van der Waals surface area contributed by atoms with Crippen LogP contribution in [0.15, 0.2) is 132 Å². The van der Waals surface area contributed by atoms with Crippen LogP contribution in [0.4, 0.5) is 11.4 Å². The number of nitrogens with one attached hydrogen (secondary N) is 1. The maximum absolute atomic E-state index is 14.4. The molecular weight excluding hydrogens is 691 g/mol. The monoisotopic (exact) mass is 721 g/mol. The third-order valence-electron chi connectivity index (χ3n) is 8.28. The van der Waals surface area contributed by atoms with E-state index < -0.39 is 60.8 Å². The second-order valence-electron chi connectivity index (χ2n) is 12.0. The number of nitro groups is 2. The second-order valence-corrected chi connectivity index (χ2v) is 13.7. The number of nitro benzene ring substituents is 2. The molecule has 2 unspecified atom stereocenters. The van der Waals surface area contributed by atoms with Crippen molar-refractivity contribution in [1.29, 1.82) is 0 Å². The van der Waals surface area contributed by atoms with Crippen LogP contribution < -0.4 is 9.46 Å². The van der Waals surface area contributed by atoms with Crippen molar-refractivity contribution >= 4 is 33.2 Å². The number of hydrogen-bond acceptors (Lipinski definition) is 9. The van der Waals surface area contributed by atoms with Gasteiger partial charge in [0.2, 0.25) is 10.0 Å². The SMILES string of the molecule is Cc1ccc(S(=O)(=O)NC(Cc2ccccc2)C(=O)N2C(c3ccc(OCc4ccccc4)cc3)N2C(=O)c2cc([N+](=O)[O-])cc([N+](=O)[O-])c2)cc1. The summed E-state index contributed by atoms with van der Waals surface area (Å²) in [7, 11) is -4.25. The smallest absolute Gasteiger partial charge is 0.277 e. The van der Waals surface area contributed by atoms with Crippen LogP contribution >= 0.6 is 0 Å². The number of carbonyl (C=O) groups excluding carboxylic acids is 2. The van der Waals surface area contributed by atoms with Gasteiger partial charge in [-0.1, -0.05) is 90.5 Å². The van der Waals surface area contributed by atoms with Gasteiger partial charge in [-0.15, -0.1) is 0 Å². The summed E-state index contributed by atoms with van der Waals surface area (Å²) in [5.41, 5.74) is 1.01. The first kappa shape index (κ1) is 35.4. The molecule has 1 N–H and O–H groups in total. The molecule has 15 heteroatoms. The number of amides is 2. The van der Waals surface area contributed by atoms with E-state index in [1.807, 2.05) is 30.3 Å². The van der Waals surface area contributed by atoms with E-state index in [9.17, 15) is 38.2 Å². The number of carbonyl (C=O) groups is 2. The molecule has 0 spiro atoms. The Hall–Kier alpha value is -6.45. The van der Waals surface area contributed by atoms with E-state index in [1.54, 1.807) is 73.7 Å². The van der Waals surface area contributed by atoms with Crippen molar-refractivity contribution in [1.82, 2.24) is 14.7 Å². The Bertz CT molecular complexity index is 2200. The average Bonchev–Trinajstić information content (AvgIpc) is 3.89. The molecule has 264 valence electrons. The van der Waals surface area contributed by atoms with E-state index in [-0.39, 0.29) is 17.9 Å². The van der Waals surface area contributed by atoms with Crippen LogP contribution in [0.2, 0.25) is 0 Å². The highest BCUT2D eigenvalue weighted by Gasteiger charge is 2.55.